The average Bonchev–Trinajstić information content (AvgIpc) is 2.55. The summed E-state index contributed by atoms with van der Waals surface area (Å²) >= 11 is 3.43. The van der Waals surface area contributed by atoms with Crippen molar-refractivity contribution in [2.24, 2.45) is 5.92 Å². The zero-order valence-electron chi connectivity index (χ0n) is 13.3. The summed E-state index contributed by atoms with van der Waals surface area (Å²) < 4.78 is 28.6. The van der Waals surface area contributed by atoms with Crippen LogP contribution < -0.4 is 10.0 Å². The van der Waals surface area contributed by atoms with E-state index >= 15 is 0 Å². The predicted molar refractivity (Wildman–Crippen MR) is 104 cm³/mol. The molecular weight excluding hydrogens is 412 g/mol. The number of piperidine rings is 1. The summed E-state index contributed by atoms with van der Waals surface area (Å²) in [5.74, 6) is 0.570. The Bertz CT molecular complexity index is 792. The van der Waals surface area contributed by atoms with Crippen molar-refractivity contribution in [2.45, 2.75) is 24.2 Å². The van der Waals surface area contributed by atoms with E-state index in [9.17, 15) is 8.42 Å². The van der Waals surface area contributed by atoms with Gasteiger partial charge in [-0.25, -0.2) is 13.1 Å². The van der Waals surface area contributed by atoms with Gasteiger partial charge in [0.25, 0.3) is 0 Å². The average molecular weight is 434 g/mol. The Balaban J connectivity index is 0.00000208. The van der Waals surface area contributed by atoms with Crippen LogP contribution >= 0.6 is 28.3 Å². The number of nitrogens with one attached hydrogen (secondary N) is 2. The number of sulfonamides is 1. The van der Waals surface area contributed by atoms with Crippen molar-refractivity contribution >= 4 is 49.1 Å². The van der Waals surface area contributed by atoms with Crippen molar-refractivity contribution < 1.29 is 8.42 Å². The Morgan fingerprint density at radius 3 is 2.67 bits per heavy atom. The molecule has 0 radical (unpaired) electrons. The van der Waals surface area contributed by atoms with E-state index in [4.69, 9.17) is 0 Å². The molecule has 1 heterocycles. The van der Waals surface area contributed by atoms with E-state index in [0.717, 1.165) is 34.8 Å². The van der Waals surface area contributed by atoms with Crippen LogP contribution in [0.1, 0.15) is 19.3 Å². The molecule has 1 aliphatic rings. The minimum atomic E-state index is -3.44. The third-order valence-corrected chi connectivity index (χ3v) is 6.28. The lowest BCUT2D eigenvalue weighted by molar-refractivity contribution is 0.358. The first kappa shape index (κ1) is 19.7. The summed E-state index contributed by atoms with van der Waals surface area (Å²) in [6.45, 7) is 2.56. The van der Waals surface area contributed by atoms with Crippen LogP contribution in [-0.4, -0.2) is 28.1 Å². The second kappa shape index (κ2) is 8.63. The molecular formula is C17H22BrClN2O2S. The number of rotatable bonds is 5. The molecule has 0 saturated carbocycles. The molecule has 132 valence electrons. The van der Waals surface area contributed by atoms with Crippen molar-refractivity contribution in [1.82, 2.24) is 10.0 Å². The maximum absolute atomic E-state index is 12.4. The fourth-order valence-electron chi connectivity index (χ4n) is 3.01. The maximum atomic E-state index is 12.4. The fourth-order valence-corrected chi connectivity index (χ4v) is 4.47. The van der Waals surface area contributed by atoms with Gasteiger partial charge in [0.2, 0.25) is 10.0 Å². The molecule has 1 aliphatic heterocycles. The van der Waals surface area contributed by atoms with Gasteiger partial charge in [-0.1, -0.05) is 28.1 Å². The highest BCUT2D eigenvalue weighted by molar-refractivity contribution is 9.10. The largest absolute Gasteiger partial charge is 0.316 e. The number of fused-ring (bicyclic) bond motifs is 1. The van der Waals surface area contributed by atoms with E-state index in [1.807, 2.05) is 24.3 Å². The van der Waals surface area contributed by atoms with Gasteiger partial charge in [0, 0.05) is 11.0 Å². The highest BCUT2D eigenvalue weighted by atomic mass is 79.9. The first-order valence-corrected chi connectivity index (χ1v) is 10.2. The molecule has 3 rings (SSSR count). The van der Waals surface area contributed by atoms with Gasteiger partial charge in [0.15, 0.2) is 0 Å². The Labute approximate surface area is 158 Å². The van der Waals surface area contributed by atoms with Crippen molar-refractivity contribution in [3.05, 3.63) is 40.9 Å². The van der Waals surface area contributed by atoms with Gasteiger partial charge in [0.05, 0.1) is 4.90 Å². The van der Waals surface area contributed by atoms with E-state index in [2.05, 4.69) is 26.0 Å². The second-order valence-corrected chi connectivity index (χ2v) is 8.73. The SMILES string of the molecule is Cl.O=S(=O)(NCCC1CCCNC1)c1ccc2cc(Br)ccc2c1. The Morgan fingerprint density at radius 1 is 1.17 bits per heavy atom. The summed E-state index contributed by atoms with van der Waals surface area (Å²) in [6.07, 6.45) is 3.24. The zero-order chi connectivity index (χ0) is 16.3. The lowest BCUT2D eigenvalue weighted by Crippen LogP contribution is -2.33. The molecule has 7 heteroatoms. The summed E-state index contributed by atoms with van der Waals surface area (Å²) in [5, 5.41) is 5.30. The third kappa shape index (κ3) is 4.92. The van der Waals surface area contributed by atoms with Crippen molar-refractivity contribution in [2.75, 3.05) is 19.6 Å². The zero-order valence-corrected chi connectivity index (χ0v) is 16.5. The molecule has 0 amide bonds. The van der Waals surface area contributed by atoms with Crippen molar-refractivity contribution in [1.29, 1.82) is 0 Å². The number of hydrogen-bond acceptors (Lipinski definition) is 3. The molecule has 2 aromatic rings. The van der Waals surface area contributed by atoms with E-state index in [-0.39, 0.29) is 12.4 Å². The van der Waals surface area contributed by atoms with Gasteiger partial charge >= 0.3 is 0 Å². The minimum absolute atomic E-state index is 0. The molecule has 2 N–H and O–H groups in total. The highest BCUT2D eigenvalue weighted by Gasteiger charge is 2.17. The molecule has 0 aromatic heterocycles. The van der Waals surface area contributed by atoms with E-state index in [0.29, 0.717) is 17.4 Å². The van der Waals surface area contributed by atoms with Crippen LogP contribution in [0.4, 0.5) is 0 Å². The second-order valence-electron chi connectivity index (χ2n) is 6.05. The van der Waals surface area contributed by atoms with Gasteiger partial charge < -0.3 is 5.32 Å². The van der Waals surface area contributed by atoms with Crippen LogP contribution in [0.5, 0.6) is 0 Å². The normalized spacial score (nSPS) is 18.3. The topological polar surface area (TPSA) is 58.2 Å². The fraction of sp³-hybridized carbons (Fsp3) is 0.412. The van der Waals surface area contributed by atoms with Crippen molar-refractivity contribution in [3.8, 4) is 0 Å². The van der Waals surface area contributed by atoms with E-state index in [1.54, 1.807) is 12.1 Å². The molecule has 1 saturated heterocycles. The van der Waals surface area contributed by atoms with Gasteiger partial charge in [-0.3, -0.25) is 0 Å². The molecule has 24 heavy (non-hydrogen) atoms. The quantitative estimate of drug-likeness (QED) is 0.756. The molecule has 0 bridgehead atoms. The maximum Gasteiger partial charge on any atom is 0.240 e. The summed E-state index contributed by atoms with van der Waals surface area (Å²) in [5.41, 5.74) is 0. The third-order valence-electron chi connectivity index (χ3n) is 4.33. The molecule has 1 atom stereocenters. The molecule has 2 aromatic carbocycles. The first-order chi connectivity index (χ1) is 11.0. The van der Waals surface area contributed by atoms with Gasteiger partial charge in [-0.05, 0) is 73.3 Å². The number of benzene rings is 2. The highest BCUT2D eigenvalue weighted by Crippen LogP contribution is 2.23. The molecule has 0 aliphatic carbocycles. The van der Waals surface area contributed by atoms with Gasteiger partial charge in [0.1, 0.15) is 0 Å². The van der Waals surface area contributed by atoms with Crippen molar-refractivity contribution in [3.63, 3.8) is 0 Å². The number of halogens is 2. The summed E-state index contributed by atoms with van der Waals surface area (Å²) in [4.78, 5) is 0.328. The predicted octanol–water partition coefficient (Wildman–Crippen LogP) is 3.69. The first-order valence-electron chi connectivity index (χ1n) is 7.94. The Morgan fingerprint density at radius 2 is 1.92 bits per heavy atom. The Kier molecular flexibility index (Phi) is 7.07. The summed E-state index contributed by atoms with van der Waals surface area (Å²) in [7, 11) is -3.44. The van der Waals surface area contributed by atoms with E-state index < -0.39 is 10.0 Å². The standard InChI is InChI=1S/C17H21BrN2O2S.ClH/c18-16-5-3-15-11-17(6-4-14(15)10-16)23(21,22)20-9-7-13-2-1-8-19-12-13;/h3-6,10-11,13,19-20H,1-2,7-9,12H2;1H. The molecule has 1 unspecified atom stereocenters. The lowest BCUT2D eigenvalue weighted by Gasteiger charge is -2.22. The lowest BCUT2D eigenvalue weighted by atomic mass is 9.96. The molecule has 4 nitrogen and oxygen atoms in total. The van der Waals surface area contributed by atoms with E-state index in [1.165, 1.54) is 12.8 Å². The smallest absolute Gasteiger partial charge is 0.240 e. The van der Waals surface area contributed by atoms with Crippen LogP contribution in [0.3, 0.4) is 0 Å². The monoisotopic (exact) mass is 432 g/mol. The molecule has 0 spiro atoms. The van der Waals surface area contributed by atoms with Crippen LogP contribution in [0.15, 0.2) is 45.8 Å². The van der Waals surface area contributed by atoms with Crippen LogP contribution in [-0.2, 0) is 10.0 Å². The van der Waals surface area contributed by atoms with Crippen LogP contribution in [0.25, 0.3) is 10.8 Å². The van der Waals surface area contributed by atoms with Gasteiger partial charge in [-0.15, -0.1) is 12.4 Å². The van der Waals surface area contributed by atoms with Crippen LogP contribution in [0, 0.1) is 5.92 Å². The summed E-state index contributed by atoms with van der Waals surface area (Å²) in [6, 6.07) is 11.1. The molecule has 1 fully saturated rings. The number of hydrogen-bond donors (Lipinski definition) is 2. The van der Waals surface area contributed by atoms with Gasteiger partial charge in [-0.2, -0.15) is 0 Å². The Hall–Kier alpha value is -0.660. The van der Waals surface area contributed by atoms with Crippen LogP contribution in [0.2, 0.25) is 0 Å². The minimum Gasteiger partial charge on any atom is -0.316 e.